The van der Waals surface area contributed by atoms with Gasteiger partial charge >= 0.3 is 0 Å². The molecule has 0 aromatic heterocycles. The molecule has 0 aliphatic carbocycles. The Morgan fingerprint density at radius 1 is 1.33 bits per heavy atom. The molecule has 0 fully saturated rings. The van der Waals surface area contributed by atoms with E-state index in [4.69, 9.17) is 5.73 Å². The van der Waals surface area contributed by atoms with Crippen LogP contribution in [0.25, 0.3) is 6.08 Å². The zero-order valence-electron chi connectivity index (χ0n) is 6.31. The predicted molar refractivity (Wildman–Crippen MR) is 46.3 cm³/mol. The van der Waals surface area contributed by atoms with Crippen molar-refractivity contribution < 1.29 is 4.92 Å². The van der Waals surface area contributed by atoms with Crippen molar-refractivity contribution in [3.63, 3.8) is 0 Å². The van der Waals surface area contributed by atoms with Crippen LogP contribution in [0.2, 0.25) is 0 Å². The van der Waals surface area contributed by atoms with Gasteiger partial charge in [0, 0.05) is 12.1 Å². The van der Waals surface area contributed by atoms with Crippen molar-refractivity contribution in [1.29, 1.82) is 0 Å². The minimum Gasteiger partial charge on any atom is -0.405 e. The van der Waals surface area contributed by atoms with E-state index < -0.39 is 4.92 Å². The summed E-state index contributed by atoms with van der Waals surface area (Å²) >= 11 is 0. The van der Waals surface area contributed by atoms with Crippen molar-refractivity contribution in [3.05, 3.63) is 46.1 Å². The molecule has 1 rings (SSSR count). The zero-order valence-corrected chi connectivity index (χ0v) is 6.31. The first-order valence-electron chi connectivity index (χ1n) is 3.37. The SMILES string of the molecule is N/C=C\c1ccc([N+](=O)[O-])cc1. The maximum atomic E-state index is 10.2. The monoisotopic (exact) mass is 164 g/mol. The molecule has 0 amide bonds. The summed E-state index contributed by atoms with van der Waals surface area (Å²) in [5.41, 5.74) is 6.08. The van der Waals surface area contributed by atoms with Crippen molar-refractivity contribution in [2.24, 2.45) is 5.73 Å². The molecule has 2 N–H and O–H groups in total. The largest absolute Gasteiger partial charge is 0.405 e. The minimum absolute atomic E-state index is 0.0872. The first kappa shape index (κ1) is 8.26. The number of hydrogen-bond donors (Lipinski definition) is 1. The minimum atomic E-state index is -0.435. The van der Waals surface area contributed by atoms with Gasteiger partial charge in [-0.2, -0.15) is 0 Å². The third-order valence-corrected chi connectivity index (χ3v) is 1.39. The standard InChI is InChI=1S/C8H8N2O2/c9-6-5-7-1-3-8(4-2-7)10(11)12/h1-6H,9H2/b6-5-. The second-order valence-corrected chi connectivity index (χ2v) is 2.21. The van der Waals surface area contributed by atoms with E-state index in [-0.39, 0.29) is 5.69 Å². The average molecular weight is 164 g/mol. The molecule has 0 atom stereocenters. The van der Waals surface area contributed by atoms with Crippen molar-refractivity contribution in [3.8, 4) is 0 Å². The molecule has 0 saturated heterocycles. The summed E-state index contributed by atoms with van der Waals surface area (Å²) in [4.78, 5) is 9.80. The van der Waals surface area contributed by atoms with Gasteiger partial charge in [-0.05, 0) is 30.0 Å². The van der Waals surface area contributed by atoms with Crippen LogP contribution in [0.3, 0.4) is 0 Å². The lowest BCUT2D eigenvalue weighted by molar-refractivity contribution is -0.384. The van der Waals surface area contributed by atoms with Crippen molar-refractivity contribution >= 4 is 11.8 Å². The van der Waals surface area contributed by atoms with Crippen molar-refractivity contribution in [2.75, 3.05) is 0 Å². The molecule has 0 unspecified atom stereocenters. The van der Waals surface area contributed by atoms with Gasteiger partial charge in [0.1, 0.15) is 0 Å². The summed E-state index contributed by atoms with van der Waals surface area (Å²) in [5, 5.41) is 10.2. The van der Waals surface area contributed by atoms with Gasteiger partial charge in [0.2, 0.25) is 0 Å². The van der Waals surface area contributed by atoms with E-state index >= 15 is 0 Å². The number of nitrogens with two attached hydrogens (primary N) is 1. The fraction of sp³-hybridized carbons (Fsp3) is 0. The van der Waals surface area contributed by atoms with Crippen LogP contribution in [0, 0.1) is 10.1 Å². The topological polar surface area (TPSA) is 69.2 Å². The fourth-order valence-corrected chi connectivity index (χ4v) is 0.818. The summed E-state index contributed by atoms with van der Waals surface area (Å²) in [5.74, 6) is 0. The molecule has 0 saturated carbocycles. The normalized spacial score (nSPS) is 10.3. The third-order valence-electron chi connectivity index (χ3n) is 1.39. The molecule has 1 aromatic carbocycles. The van der Waals surface area contributed by atoms with Gasteiger partial charge in [-0.15, -0.1) is 0 Å². The molecular formula is C8H8N2O2. The highest BCUT2D eigenvalue weighted by Gasteiger charge is 2.01. The molecule has 0 bridgehead atoms. The Bertz CT molecular complexity index is 303. The molecule has 4 heteroatoms. The summed E-state index contributed by atoms with van der Waals surface area (Å²) < 4.78 is 0. The number of benzene rings is 1. The molecule has 0 heterocycles. The van der Waals surface area contributed by atoms with Gasteiger partial charge in [-0.1, -0.05) is 0 Å². The molecular weight excluding hydrogens is 156 g/mol. The van der Waals surface area contributed by atoms with E-state index in [2.05, 4.69) is 0 Å². The molecule has 4 nitrogen and oxygen atoms in total. The van der Waals surface area contributed by atoms with Crippen LogP contribution in [0.15, 0.2) is 30.5 Å². The smallest absolute Gasteiger partial charge is 0.269 e. The van der Waals surface area contributed by atoms with Crippen LogP contribution in [0.1, 0.15) is 5.56 Å². The molecule has 0 spiro atoms. The van der Waals surface area contributed by atoms with Crippen LogP contribution in [-0.2, 0) is 0 Å². The second-order valence-electron chi connectivity index (χ2n) is 2.21. The van der Waals surface area contributed by atoms with Crippen molar-refractivity contribution in [2.45, 2.75) is 0 Å². The highest BCUT2D eigenvalue weighted by molar-refractivity contribution is 5.51. The number of rotatable bonds is 2. The predicted octanol–water partition coefficient (Wildman–Crippen LogP) is 1.52. The van der Waals surface area contributed by atoms with Gasteiger partial charge in [0.25, 0.3) is 5.69 Å². The summed E-state index contributed by atoms with van der Waals surface area (Å²) in [6.07, 6.45) is 3.06. The Kier molecular flexibility index (Phi) is 2.42. The fourth-order valence-electron chi connectivity index (χ4n) is 0.818. The molecule has 0 radical (unpaired) electrons. The summed E-state index contributed by atoms with van der Waals surface area (Å²) in [6, 6.07) is 6.16. The number of nitro benzene ring substituents is 1. The molecule has 12 heavy (non-hydrogen) atoms. The molecule has 1 aromatic rings. The second kappa shape index (κ2) is 3.52. The molecule has 0 aliphatic heterocycles. The van der Waals surface area contributed by atoms with E-state index in [9.17, 15) is 10.1 Å². The Labute approximate surface area is 69.5 Å². The Balaban J connectivity index is 2.93. The number of non-ortho nitro benzene ring substituents is 1. The Morgan fingerprint density at radius 2 is 1.92 bits per heavy atom. The van der Waals surface area contributed by atoms with Crippen LogP contribution in [-0.4, -0.2) is 4.92 Å². The van der Waals surface area contributed by atoms with Crippen LogP contribution < -0.4 is 5.73 Å². The first-order valence-corrected chi connectivity index (χ1v) is 3.37. The highest BCUT2D eigenvalue weighted by atomic mass is 16.6. The quantitative estimate of drug-likeness (QED) is 0.532. The third kappa shape index (κ3) is 1.82. The van der Waals surface area contributed by atoms with Gasteiger partial charge in [-0.25, -0.2) is 0 Å². The van der Waals surface area contributed by atoms with Crippen LogP contribution >= 0.6 is 0 Å². The highest BCUT2D eigenvalue weighted by Crippen LogP contribution is 2.12. The lowest BCUT2D eigenvalue weighted by Gasteiger charge is -1.91. The Hall–Kier alpha value is -1.84. The molecule has 0 aliphatic rings. The number of nitrogens with zero attached hydrogens (tertiary/aromatic N) is 1. The average Bonchev–Trinajstić information content (AvgIpc) is 2.06. The van der Waals surface area contributed by atoms with E-state index in [1.165, 1.54) is 18.3 Å². The van der Waals surface area contributed by atoms with Crippen LogP contribution in [0.5, 0.6) is 0 Å². The zero-order chi connectivity index (χ0) is 8.97. The van der Waals surface area contributed by atoms with Crippen molar-refractivity contribution in [1.82, 2.24) is 0 Å². The van der Waals surface area contributed by atoms with Gasteiger partial charge in [0.15, 0.2) is 0 Å². The summed E-state index contributed by atoms with van der Waals surface area (Å²) in [7, 11) is 0. The first-order chi connectivity index (χ1) is 5.74. The Morgan fingerprint density at radius 3 is 2.33 bits per heavy atom. The molecule has 62 valence electrons. The summed E-state index contributed by atoms with van der Waals surface area (Å²) in [6.45, 7) is 0. The van der Waals surface area contributed by atoms with Crippen LogP contribution in [0.4, 0.5) is 5.69 Å². The van der Waals surface area contributed by atoms with E-state index in [0.717, 1.165) is 5.56 Å². The lowest BCUT2D eigenvalue weighted by Crippen LogP contribution is -1.86. The number of nitro groups is 1. The number of hydrogen-bond acceptors (Lipinski definition) is 3. The maximum Gasteiger partial charge on any atom is 0.269 e. The lowest BCUT2D eigenvalue weighted by atomic mass is 10.2. The van der Waals surface area contributed by atoms with Gasteiger partial charge < -0.3 is 5.73 Å². The van der Waals surface area contributed by atoms with Gasteiger partial charge in [0.05, 0.1) is 4.92 Å². The van der Waals surface area contributed by atoms with E-state index in [1.807, 2.05) is 0 Å². The van der Waals surface area contributed by atoms with Gasteiger partial charge in [-0.3, -0.25) is 10.1 Å². The van der Waals surface area contributed by atoms with E-state index in [1.54, 1.807) is 18.2 Å². The van der Waals surface area contributed by atoms with E-state index in [0.29, 0.717) is 0 Å². The maximum absolute atomic E-state index is 10.2.